The van der Waals surface area contributed by atoms with Crippen LogP contribution in [-0.4, -0.2) is 25.2 Å². The number of hydrogen-bond acceptors (Lipinski definition) is 6. The van der Waals surface area contributed by atoms with Crippen LogP contribution in [0.3, 0.4) is 0 Å². The number of hydrogen-bond donors (Lipinski definition) is 2. The summed E-state index contributed by atoms with van der Waals surface area (Å²) < 4.78 is 0. The standard InChI is InChI=1S/C13H13N7/c14-16-12-8-10(6-7-15-12)9-20-18-13(17-19-20)11-4-2-1-3-5-11/h1-8H,9,14H2,(H,15,16). The topological polar surface area (TPSA) is 94.5 Å². The van der Waals surface area contributed by atoms with E-state index < -0.39 is 0 Å². The molecule has 0 aliphatic heterocycles. The first-order valence-corrected chi connectivity index (χ1v) is 6.10. The molecule has 0 amide bonds. The molecule has 20 heavy (non-hydrogen) atoms. The maximum Gasteiger partial charge on any atom is 0.204 e. The number of nitrogens with two attached hydrogens (primary N) is 1. The van der Waals surface area contributed by atoms with Crippen molar-refractivity contribution in [2.24, 2.45) is 5.84 Å². The summed E-state index contributed by atoms with van der Waals surface area (Å²) in [6, 6.07) is 13.5. The maximum absolute atomic E-state index is 5.33. The first kappa shape index (κ1) is 12.2. The molecular weight excluding hydrogens is 254 g/mol. The lowest BCUT2D eigenvalue weighted by Crippen LogP contribution is -2.10. The van der Waals surface area contributed by atoms with Crippen LogP contribution in [0, 0.1) is 0 Å². The maximum atomic E-state index is 5.33. The van der Waals surface area contributed by atoms with Crippen LogP contribution in [0.25, 0.3) is 11.4 Å². The number of aromatic nitrogens is 5. The van der Waals surface area contributed by atoms with E-state index in [1.54, 1.807) is 6.20 Å². The molecule has 0 saturated heterocycles. The second-order valence-corrected chi connectivity index (χ2v) is 4.20. The molecule has 0 radical (unpaired) electrons. The minimum Gasteiger partial charge on any atom is -0.308 e. The van der Waals surface area contributed by atoms with Gasteiger partial charge in [-0.05, 0) is 22.9 Å². The summed E-state index contributed by atoms with van der Waals surface area (Å²) in [5.74, 6) is 6.54. The lowest BCUT2D eigenvalue weighted by Gasteiger charge is -2.02. The van der Waals surface area contributed by atoms with Gasteiger partial charge < -0.3 is 5.43 Å². The second kappa shape index (κ2) is 5.45. The quantitative estimate of drug-likeness (QED) is 0.542. The van der Waals surface area contributed by atoms with Gasteiger partial charge in [0.1, 0.15) is 5.82 Å². The smallest absolute Gasteiger partial charge is 0.204 e. The number of tetrazole rings is 1. The summed E-state index contributed by atoms with van der Waals surface area (Å²) >= 11 is 0. The Bertz CT molecular complexity index is 693. The van der Waals surface area contributed by atoms with Crippen LogP contribution < -0.4 is 11.3 Å². The van der Waals surface area contributed by atoms with E-state index in [1.165, 1.54) is 4.80 Å². The fraction of sp³-hybridized carbons (Fsp3) is 0.0769. The molecule has 7 nitrogen and oxygen atoms in total. The van der Waals surface area contributed by atoms with Gasteiger partial charge in [-0.1, -0.05) is 30.3 Å². The summed E-state index contributed by atoms with van der Waals surface area (Å²) in [4.78, 5) is 5.59. The van der Waals surface area contributed by atoms with Crippen LogP contribution in [-0.2, 0) is 6.54 Å². The van der Waals surface area contributed by atoms with Gasteiger partial charge in [-0.3, -0.25) is 0 Å². The number of hydrazine groups is 1. The highest BCUT2D eigenvalue weighted by atomic mass is 15.6. The molecule has 3 aromatic rings. The summed E-state index contributed by atoms with van der Waals surface area (Å²) in [6.07, 6.45) is 1.68. The van der Waals surface area contributed by atoms with Gasteiger partial charge in [0.05, 0.1) is 6.54 Å². The Labute approximate surface area is 115 Å². The van der Waals surface area contributed by atoms with E-state index in [0.29, 0.717) is 18.2 Å². The molecule has 0 bridgehead atoms. The molecule has 100 valence electrons. The molecule has 0 atom stereocenters. The fourth-order valence-electron chi connectivity index (χ4n) is 1.83. The highest BCUT2D eigenvalue weighted by Gasteiger charge is 2.06. The lowest BCUT2D eigenvalue weighted by molar-refractivity contribution is 0.572. The van der Waals surface area contributed by atoms with Gasteiger partial charge in [0, 0.05) is 11.8 Å². The van der Waals surface area contributed by atoms with E-state index in [0.717, 1.165) is 11.1 Å². The van der Waals surface area contributed by atoms with Gasteiger partial charge in [0.15, 0.2) is 0 Å². The highest BCUT2D eigenvalue weighted by Crippen LogP contribution is 2.12. The van der Waals surface area contributed by atoms with Crippen LogP contribution in [0.5, 0.6) is 0 Å². The molecule has 0 fully saturated rings. The SMILES string of the molecule is NNc1cc(Cn2nnc(-c3ccccc3)n2)ccn1. The van der Waals surface area contributed by atoms with Gasteiger partial charge in [-0.25, -0.2) is 10.8 Å². The van der Waals surface area contributed by atoms with Crippen LogP contribution >= 0.6 is 0 Å². The van der Waals surface area contributed by atoms with Crippen molar-refractivity contribution in [3.05, 3.63) is 54.2 Å². The molecule has 0 saturated carbocycles. The number of rotatable bonds is 4. The first-order chi connectivity index (χ1) is 9.85. The molecular formula is C13H13N7. The van der Waals surface area contributed by atoms with Gasteiger partial charge in [-0.15, -0.1) is 10.2 Å². The zero-order valence-electron chi connectivity index (χ0n) is 10.6. The molecule has 0 aliphatic rings. The third-order valence-electron chi connectivity index (χ3n) is 2.78. The minimum absolute atomic E-state index is 0.511. The Morgan fingerprint density at radius 2 is 2.00 bits per heavy atom. The van der Waals surface area contributed by atoms with Crippen molar-refractivity contribution >= 4 is 5.82 Å². The average molecular weight is 267 g/mol. The Kier molecular flexibility index (Phi) is 3.34. The first-order valence-electron chi connectivity index (χ1n) is 6.10. The third-order valence-corrected chi connectivity index (χ3v) is 2.78. The number of nitrogens with zero attached hydrogens (tertiary/aromatic N) is 5. The van der Waals surface area contributed by atoms with Crippen LogP contribution in [0.4, 0.5) is 5.82 Å². The molecule has 3 rings (SSSR count). The lowest BCUT2D eigenvalue weighted by atomic mass is 10.2. The summed E-state index contributed by atoms with van der Waals surface area (Å²) in [5.41, 5.74) is 4.44. The molecule has 3 N–H and O–H groups in total. The van der Waals surface area contributed by atoms with Crippen LogP contribution in [0.1, 0.15) is 5.56 Å². The molecule has 0 spiro atoms. The van der Waals surface area contributed by atoms with E-state index in [4.69, 9.17) is 5.84 Å². The van der Waals surface area contributed by atoms with E-state index in [-0.39, 0.29) is 0 Å². The van der Waals surface area contributed by atoms with Crippen LogP contribution in [0.15, 0.2) is 48.7 Å². The molecule has 0 unspecified atom stereocenters. The van der Waals surface area contributed by atoms with Crippen LogP contribution in [0.2, 0.25) is 0 Å². The predicted molar refractivity (Wildman–Crippen MR) is 74.4 cm³/mol. The number of pyridine rings is 1. The highest BCUT2D eigenvalue weighted by molar-refractivity contribution is 5.53. The van der Waals surface area contributed by atoms with Crippen molar-refractivity contribution < 1.29 is 0 Å². The van der Waals surface area contributed by atoms with Crippen molar-refractivity contribution in [2.75, 3.05) is 5.43 Å². The summed E-state index contributed by atoms with van der Waals surface area (Å²) in [6.45, 7) is 0.511. The van der Waals surface area contributed by atoms with Gasteiger partial charge in [0.2, 0.25) is 5.82 Å². The van der Waals surface area contributed by atoms with Crippen molar-refractivity contribution in [3.8, 4) is 11.4 Å². The number of anilines is 1. The largest absolute Gasteiger partial charge is 0.308 e. The summed E-state index contributed by atoms with van der Waals surface area (Å²) in [5, 5.41) is 12.5. The molecule has 1 aromatic carbocycles. The summed E-state index contributed by atoms with van der Waals surface area (Å²) in [7, 11) is 0. The zero-order valence-corrected chi connectivity index (χ0v) is 10.6. The predicted octanol–water partition coefficient (Wildman–Crippen LogP) is 1.07. The fourth-order valence-corrected chi connectivity index (χ4v) is 1.83. The average Bonchev–Trinajstić information content (AvgIpc) is 2.97. The molecule has 0 aliphatic carbocycles. The van der Waals surface area contributed by atoms with E-state index in [9.17, 15) is 0 Å². The van der Waals surface area contributed by atoms with Gasteiger partial charge >= 0.3 is 0 Å². The Hall–Kier alpha value is -2.80. The molecule has 2 heterocycles. The Morgan fingerprint density at radius 3 is 2.80 bits per heavy atom. The van der Waals surface area contributed by atoms with Crippen molar-refractivity contribution in [2.45, 2.75) is 6.54 Å². The normalized spacial score (nSPS) is 10.4. The number of benzene rings is 1. The van der Waals surface area contributed by atoms with Gasteiger partial charge in [0.25, 0.3) is 0 Å². The van der Waals surface area contributed by atoms with Gasteiger partial charge in [-0.2, -0.15) is 4.80 Å². The molecule has 2 aromatic heterocycles. The monoisotopic (exact) mass is 267 g/mol. The van der Waals surface area contributed by atoms with E-state index >= 15 is 0 Å². The Morgan fingerprint density at radius 1 is 1.15 bits per heavy atom. The second-order valence-electron chi connectivity index (χ2n) is 4.20. The van der Waals surface area contributed by atoms with Crippen molar-refractivity contribution in [1.82, 2.24) is 25.2 Å². The van der Waals surface area contributed by atoms with Crippen molar-refractivity contribution in [3.63, 3.8) is 0 Å². The third kappa shape index (κ3) is 2.62. The Balaban J connectivity index is 1.80. The minimum atomic E-state index is 0.511. The van der Waals surface area contributed by atoms with Crippen molar-refractivity contribution in [1.29, 1.82) is 0 Å². The number of nitrogens with one attached hydrogen (secondary N) is 1. The number of nitrogen functional groups attached to an aromatic ring is 1. The molecule has 7 heteroatoms. The zero-order chi connectivity index (χ0) is 13.8. The van der Waals surface area contributed by atoms with E-state index in [1.807, 2.05) is 42.5 Å². The van der Waals surface area contributed by atoms with E-state index in [2.05, 4.69) is 25.8 Å².